The van der Waals surface area contributed by atoms with Crippen LogP contribution in [0.5, 0.6) is 0 Å². The maximum atomic E-state index is 6.14. The van der Waals surface area contributed by atoms with Gasteiger partial charge in [0.05, 0.1) is 12.7 Å². The molecule has 1 aliphatic rings. The zero-order chi connectivity index (χ0) is 13.9. The molecule has 1 atom stereocenters. The van der Waals surface area contributed by atoms with Crippen molar-refractivity contribution in [1.29, 1.82) is 0 Å². The van der Waals surface area contributed by atoms with Crippen LogP contribution >= 0.6 is 39.3 Å². The molecule has 0 N–H and O–H groups in total. The molecule has 0 fully saturated rings. The van der Waals surface area contributed by atoms with Gasteiger partial charge in [0.25, 0.3) is 0 Å². The van der Waals surface area contributed by atoms with Crippen molar-refractivity contribution in [3.63, 3.8) is 0 Å². The van der Waals surface area contributed by atoms with E-state index < -0.39 is 0 Å². The highest BCUT2D eigenvalue weighted by Crippen LogP contribution is 2.42. The summed E-state index contributed by atoms with van der Waals surface area (Å²) in [4.78, 5) is 2.54. The lowest BCUT2D eigenvalue weighted by molar-refractivity contribution is 0.0634. The molecule has 2 aromatic carbocycles. The summed E-state index contributed by atoms with van der Waals surface area (Å²) < 4.78 is 6.03. The first kappa shape index (κ1) is 14.5. The molecule has 1 heterocycles. The van der Waals surface area contributed by atoms with Crippen molar-refractivity contribution < 1.29 is 4.74 Å². The topological polar surface area (TPSA) is 9.23 Å². The second kappa shape index (κ2) is 6.52. The highest BCUT2D eigenvalue weighted by Gasteiger charge is 2.23. The molecular weight excluding hydrogens is 356 g/mol. The minimum atomic E-state index is 0.0935. The molecule has 2 aromatic rings. The summed E-state index contributed by atoms with van der Waals surface area (Å²) in [6, 6.07) is 14.6. The molecule has 0 radical (unpaired) electrons. The van der Waals surface area contributed by atoms with Crippen molar-refractivity contribution in [3.8, 4) is 0 Å². The van der Waals surface area contributed by atoms with Gasteiger partial charge < -0.3 is 4.74 Å². The average molecular weight is 370 g/mol. The number of rotatable bonds is 3. The summed E-state index contributed by atoms with van der Waals surface area (Å²) in [5.74, 6) is 0. The molecule has 1 aliphatic heterocycles. The Morgan fingerprint density at radius 2 is 2.05 bits per heavy atom. The number of ether oxygens (including phenoxy) is 1. The van der Waals surface area contributed by atoms with Gasteiger partial charge in [-0.25, -0.2) is 0 Å². The molecular formula is C16H14BrClOS. The minimum absolute atomic E-state index is 0.0935. The van der Waals surface area contributed by atoms with E-state index in [-0.39, 0.29) is 6.10 Å². The molecule has 20 heavy (non-hydrogen) atoms. The fourth-order valence-electron chi connectivity index (χ4n) is 2.41. The van der Waals surface area contributed by atoms with E-state index in [9.17, 15) is 0 Å². The maximum Gasteiger partial charge on any atom is 0.0876 e. The summed E-state index contributed by atoms with van der Waals surface area (Å²) in [6.07, 6.45) is 0.961. The lowest BCUT2D eigenvalue weighted by Crippen LogP contribution is -2.09. The van der Waals surface area contributed by atoms with Gasteiger partial charge in [-0.15, -0.1) is 0 Å². The van der Waals surface area contributed by atoms with Gasteiger partial charge in [-0.05, 0) is 35.4 Å². The third-order valence-corrected chi connectivity index (χ3v) is 5.08. The number of halogens is 2. The van der Waals surface area contributed by atoms with Gasteiger partial charge in [0.2, 0.25) is 0 Å². The van der Waals surface area contributed by atoms with E-state index in [1.54, 1.807) is 11.8 Å². The van der Waals surface area contributed by atoms with E-state index in [0.717, 1.165) is 16.8 Å². The average Bonchev–Trinajstić information content (AvgIpc) is 2.61. The van der Waals surface area contributed by atoms with Gasteiger partial charge in [-0.2, -0.15) is 0 Å². The maximum absolute atomic E-state index is 6.14. The quantitative estimate of drug-likeness (QED) is 0.661. The predicted molar refractivity (Wildman–Crippen MR) is 88.2 cm³/mol. The summed E-state index contributed by atoms with van der Waals surface area (Å²) in [7, 11) is 0. The van der Waals surface area contributed by atoms with E-state index in [1.165, 1.54) is 20.9 Å². The number of benzene rings is 2. The zero-order valence-corrected chi connectivity index (χ0v) is 14.0. The second-order valence-electron chi connectivity index (χ2n) is 4.64. The van der Waals surface area contributed by atoms with Gasteiger partial charge in [-0.3, -0.25) is 0 Å². The van der Waals surface area contributed by atoms with Crippen LogP contribution in [0.1, 0.15) is 17.2 Å². The van der Waals surface area contributed by atoms with Crippen molar-refractivity contribution in [2.45, 2.75) is 22.3 Å². The monoisotopic (exact) mass is 368 g/mol. The van der Waals surface area contributed by atoms with E-state index in [2.05, 4.69) is 52.3 Å². The minimum Gasteiger partial charge on any atom is -0.372 e. The lowest BCUT2D eigenvalue weighted by Gasteiger charge is -2.18. The first-order valence-electron chi connectivity index (χ1n) is 6.50. The predicted octanol–water partition coefficient (Wildman–Crippen LogP) is 5.50. The van der Waals surface area contributed by atoms with E-state index >= 15 is 0 Å². The molecule has 0 bridgehead atoms. The molecule has 1 unspecified atom stereocenters. The van der Waals surface area contributed by atoms with Gasteiger partial charge in [0.15, 0.2) is 0 Å². The van der Waals surface area contributed by atoms with Crippen LogP contribution in [-0.2, 0) is 11.2 Å². The summed E-state index contributed by atoms with van der Waals surface area (Å²) in [6.45, 7) is 0.708. The zero-order valence-electron chi connectivity index (χ0n) is 10.8. The lowest BCUT2D eigenvalue weighted by atomic mass is 10.0. The number of alkyl halides is 1. The summed E-state index contributed by atoms with van der Waals surface area (Å²) in [5, 5.41) is 1.64. The van der Waals surface area contributed by atoms with Crippen LogP contribution in [0.15, 0.2) is 52.3 Å². The van der Waals surface area contributed by atoms with Crippen LogP contribution in [0.2, 0.25) is 5.02 Å². The van der Waals surface area contributed by atoms with Crippen molar-refractivity contribution in [2.75, 3.05) is 11.9 Å². The SMILES string of the molecule is Clc1ccc2c(c1)CC(OCCBr)c1ccccc1S2. The fourth-order valence-corrected chi connectivity index (χ4v) is 3.90. The molecule has 0 amide bonds. The normalized spacial score (nSPS) is 17.2. The molecule has 1 nitrogen and oxygen atoms in total. The van der Waals surface area contributed by atoms with Gasteiger partial charge in [0.1, 0.15) is 0 Å². The number of hydrogen-bond donors (Lipinski definition) is 0. The van der Waals surface area contributed by atoms with Gasteiger partial charge >= 0.3 is 0 Å². The highest BCUT2D eigenvalue weighted by molar-refractivity contribution is 9.09. The van der Waals surface area contributed by atoms with Crippen molar-refractivity contribution >= 4 is 39.3 Å². The van der Waals surface area contributed by atoms with Crippen LogP contribution < -0.4 is 0 Å². The second-order valence-corrected chi connectivity index (χ2v) is 6.96. The van der Waals surface area contributed by atoms with Gasteiger partial charge in [0, 0.05) is 26.6 Å². The molecule has 0 aromatic heterocycles. The summed E-state index contributed by atoms with van der Waals surface area (Å²) in [5.41, 5.74) is 2.53. The molecule has 0 aliphatic carbocycles. The van der Waals surface area contributed by atoms with Crippen LogP contribution in [0, 0.1) is 0 Å². The van der Waals surface area contributed by atoms with Crippen molar-refractivity contribution in [3.05, 3.63) is 58.6 Å². The number of hydrogen-bond acceptors (Lipinski definition) is 2. The van der Waals surface area contributed by atoms with E-state index in [4.69, 9.17) is 16.3 Å². The van der Waals surface area contributed by atoms with E-state index in [1.807, 2.05) is 6.07 Å². The Bertz CT molecular complexity index is 617. The third kappa shape index (κ3) is 3.06. The molecule has 3 rings (SSSR count). The largest absolute Gasteiger partial charge is 0.372 e. The van der Waals surface area contributed by atoms with Gasteiger partial charge in [-0.1, -0.05) is 57.5 Å². The van der Waals surface area contributed by atoms with Crippen molar-refractivity contribution in [1.82, 2.24) is 0 Å². The molecule has 0 saturated heterocycles. The Hall–Kier alpha value is -0.480. The first-order valence-corrected chi connectivity index (χ1v) is 8.82. The van der Waals surface area contributed by atoms with Crippen LogP contribution in [0.4, 0.5) is 0 Å². The standard InChI is InChI=1S/C16H14BrClOS/c17-7-8-19-14-10-11-9-12(18)5-6-15(11)20-16-4-2-1-3-13(14)16/h1-6,9,14H,7-8,10H2. The highest BCUT2D eigenvalue weighted by atomic mass is 79.9. The third-order valence-electron chi connectivity index (χ3n) is 3.31. The molecule has 0 spiro atoms. The van der Waals surface area contributed by atoms with E-state index in [0.29, 0.717) is 6.61 Å². The van der Waals surface area contributed by atoms with Crippen LogP contribution in [0.25, 0.3) is 0 Å². The molecule has 0 saturated carbocycles. The fraction of sp³-hybridized carbons (Fsp3) is 0.250. The first-order chi connectivity index (χ1) is 9.78. The van der Waals surface area contributed by atoms with Crippen LogP contribution in [0.3, 0.4) is 0 Å². The Kier molecular flexibility index (Phi) is 4.72. The Morgan fingerprint density at radius 1 is 1.20 bits per heavy atom. The number of fused-ring (bicyclic) bond motifs is 2. The molecule has 104 valence electrons. The Morgan fingerprint density at radius 3 is 2.90 bits per heavy atom. The Labute approximate surface area is 136 Å². The van der Waals surface area contributed by atoms with Crippen LogP contribution in [-0.4, -0.2) is 11.9 Å². The van der Waals surface area contributed by atoms with Crippen molar-refractivity contribution in [2.24, 2.45) is 0 Å². The molecule has 4 heteroatoms. The summed E-state index contributed by atoms with van der Waals surface area (Å²) >= 11 is 11.4. The Balaban J connectivity index is 2.02. The smallest absolute Gasteiger partial charge is 0.0876 e.